The molecule has 2 nitrogen and oxygen atoms in total. The first kappa shape index (κ1) is 30.0. The van der Waals surface area contributed by atoms with Crippen LogP contribution in [0.25, 0.3) is 76.9 Å². The third kappa shape index (κ3) is 5.21. The summed E-state index contributed by atoms with van der Waals surface area (Å²) in [6, 6.07) is 71.8. The molecule has 0 N–H and O–H groups in total. The first-order valence-corrected chi connectivity index (χ1v) is 17.8. The van der Waals surface area contributed by atoms with Gasteiger partial charge in [0.05, 0.1) is 11.4 Å². The van der Waals surface area contributed by atoms with Crippen LogP contribution in [0.4, 0.5) is 17.1 Å². The standard InChI is InChI=1S/C50H33NO/c1-2-13-37-31-38(24-23-34(37)11-1)35-25-27-42(28-26-35)51(47-21-10-15-36-12-3-5-18-44(36)47)48-30-29-43(45-19-6-7-20-46(45)48)39-16-9-17-40(32-39)50-33-41-14-4-8-22-49(41)52-50/h1-33H. The summed E-state index contributed by atoms with van der Waals surface area (Å²) in [5.41, 5.74) is 10.1. The van der Waals surface area contributed by atoms with Crippen molar-refractivity contribution in [1.82, 2.24) is 0 Å². The molecule has 244 valence electrons. The molecule has 0 amide bonds. The molecule has 0 bridgehead atoms. The minimum Gasteiger partial charge on any atom is -0.456 e. The van der Waals surface area contributed by atoms with Gasteiger partial charge in [0.15, 0.2) is 0 Å². The molecule has 0 saturated carbocycles. The van der Waals surface area contributed by atoms with E-state index < -0.39 is 0 Å². The maximum atomic E-state index is 6.26. The van der Waals surface area contributed by atoms with Gasteiger partial charge >= 0.3 is 0 Å². The second-order valence-electron chi connectivity index (χ2n) is 13.3. The van der Waals surface area contributed by atoms with Crippen molar-refractivity contribution in [2.45, 2.75) is 0 Å². The van der Waals surface area contributed by atoms with Crippen molar-refractivity contribution in [1.29, 1.82) is 0 Å². The van der Waals surface area contributed by atoms with Gasteiger partial charge in [0.2, 0.25) is 0 Å². The first-order chi connectivity index (χ1) is 25.8. The maximum Gasteiger partial charge on any atom is 0.135 e. The van der Waals surface area contributed by atoms with E-state index in [-0.39, 0.29) is 0 Å². The van der Waals surface area contributed by atoms with E-state index in [9.17, 15) is 0 Å². The number of hydrogen-bond acceptors (Lipinski definition) is 2. The van der Waals surface area contributed by atoms with Crippen LogP contribution in [0.5, 0.6) is 0 Å². The van der Waals surface area contributed by atoms with Crippen LogP contribution < -0.4 is 4.90 Å². The Morgan fingerprint density at radius 3 is 1.81 bits per heavy atom. The lowest BCUT2D eigenvalue weighted by Gasteiger charge is -2.29. The lowest BCUT2D eigenvalue weighted by Crippen LogP contribution is -2.11. The molecule has 52 heavy (non-hydrogen) atoms. The van der Waals surface area contributed by atoms with Crippen LogP contribution in [-0.2, 0) is 0 Å². The lowest BCUT2D eigenvalue weighted by atomic mass is 9.94. The van der Waals surface area contributed by atoms with Gasteiger partial charge in [-0.1, -0.05) is 152 Å². The fraction of sp³-hybridized carbons (Fsp3) is 0. The predicted molar refractivity (Wildman–Crippen MR) is 220 cm³/mol. The Kier molecular flexibility index (Phi) is 7.18. The SMILES string of the molecule is c1cc(-c2cc3ccccc3o2)cc(-c2ccc(N(c3ccc(-c4ccc5ccccc5c4)cc3)c3cccc4ccccc34)c3ccccc23)c1. The molecule has 0 aliphatic carbocycles. The van der Waals surface area contributed by atoms with Crippen LogP contribution in [0, 0.1) is 0 Å². The van der Waals surface area contributed by atoms with E-state index in [0.29, 0.717) is 0 Å². The van der Waals surface area contributed by atoms with Gasteiger partial charge in [0, 0.05) is 27.4 Å². The number of nitrogens with zero attached hydrogens (tertiary/aromatic N) is 1. The Morgan fingerprint density at radius 1 is 0.327 bits per heavy atom. The number of furan rings is 1. The van der Waals surface area contributed by atoms with E-state index >= 15 is 0 Å². The zero-order valence-electron chi connectivity index (χ0n) is 28.4. The second-order valence-corrected chi connectivity index (χ2v) is 13.3. The summed E-state index contributed by atoms with van der Waals surface area (Å²) in [4.78, 5) is 2.42. The van der Waals surface area contributed by atoms with Gasteiger partial charge in [0.25, 0.3) is 0 Å². The number of benzene rings is 9. The molecule has 9 aromatic carbocycles. The number of para-hydroxylation sites is 1. The zero-order valence-corrected chi connectivity index (χ0v) is 28.4. The van der Waals surface area contributed by atoms with Crippen LogP contribution >= 0.6 is 0 Å². The van der Waals surface area contributed by atoms with Gasteiger partial charge in [-0.3, -0.25) is 0 Å². The number of anilines is 3. The minimum absolute atomic E-state index is 0.873. The van der Waals surface area contributed by atoms with E-state index in [1.807, 2.05) is 18.2 Å². The summed E-state index contributed by atoms with van der Waals surface area (Å²) < 4.78 is 6.26. The van der Waals surface area contributed by atoms with Gasteiger partial charge in [-0.25, -0.2) is 0 Å². The largest absolute Gasteiger partial charge is 0.456 e. The molecule has 1 aromatic heterocycles. The smallest absolute Gasteiger partial charge is 0.135 e. The van der Waals surface area contributed by atoms with Crippen molar-refractivity contribution >= 4 is 60.3 Å². The van der Waals surface area contributed by atoms with Crippen molar-refractivity contribution in [3.05, 3.63) is 200 Å². The van der Waals surface area contributed by atoms with Gasteiger partial charge < -0.3 is 9.32 Å². The van der Waals surface area contributed by atoms with E-state index in [2.05, 4.69) is 187 Å². The van der Waals surface area contributed by atoms with Crippen LogP contribution in [0.2, 0.25) is 0 Å². The second kappa shape index (κ2) is 12.5. The number of hydrogen-bond donors (Lipinski definition) is 0. The molecular formula is C50H33NO. The Hall–Kier alpha value is -6.90. The van der Waals surface area contributed by atoms with Crippen LogP contribution in [0.15, 0.2) is 205 Å². The predicted octanol–water partition coefficient (Wildman–Crippen LogP) is 14.4. The number of fused-ring (bicyclic) bond motifs is 4. The molecule has 0 saturated heterocycles. The Labute approximate surface area is 302 Å². The normalized spacial score (nSPS) is 11.5. The molecule has 0 spiro atoms. The molecule has 0 atom stereocenters. The van der Waals surface area contributed by atoms with E-state index in [1.54, 1.807) is 0 Å². The van der Waals surface area contributed by atoms with Crippen LogP contribution in [-0.4, -0.2) is 0 Å². The van der Waals surface area contributed by atoms with Gasteiger partial charge in [-0.15, -0.1) is 0 Å². The zero-order chi connectivity index (χ0) is 34.4. The maximum absolute atomic E-state index is 6.26. The first-order valence-electron chi connectivity index (χ1n) is 17.8. The molecule has 2 heteroatoms. The van der Waals surface area contributed by atoms with Crippen LogP contribution in [0.3, 0.4) is 0 Å². The lowest BCUT2D eigenvalue weighted by molar-refractivity contribution is 0.631. The molecule has 0 aliphatic heterocycles. The average molecular weight is 664 g/mol. The summed E-state index contributed by atoms with van der Waals surface area (Å²) in [5.74, 6) is 0.873. The van der Waals surface area contributed by atoms with Crippen molar-refractivity contribution in [2.24, 2.45) is 0 Å². The topological polar surface area (TPSA) is 16.4 Å². The van der Waals surface area contributed by atoms with Gasteiger partial charge in [-0.05, 0) is 92.3 Å². The van der Waals surface area contributed by atoms with Gasteiger partial charge in [-0.2, -0.15) is 0 Å². The van der Waals surface area contributed by atoms with E-state index in [1.165, 1.54) is 49.0 Å². The summed E-state index contributed by atoms with van der Waals surface area (Å²) in [5, 5.41) is 8.39. The fourth-order valence-corrected chi connectivity index (χ4v) is 7.68. The molecule has 10 aromatic rings. The fourth-order valence-electron chi connectivity index (χ4n) is 7.68. The third-order valence-electron chi connectivity index (χ3n) is 10.2. The highest BCUT2D eigenvalue weighted by molar-refractivity contribution is 6.09. The van der Waals surface area contributed by atoms with Crippen molar-refractivity contribution in [3.63, 3.8) is 0 Å². The summed E-state index contributed by atoms with van der Waals surface area (Å²) in [7, 11) is 0. The summed E-state index contributed by atoms with van der Waals surface area (Å²) in [6.07, 6.45) is 0. The molecule has 10 rings (SSSR count). The molecule has 0 aliphatic rings. The quantitative estimate of drug-likeness (QED) is 0.176. The monoisotopic (exact) mass is 663 g/mol. The molecule has 0 unspecified atom stereocenters. The Balaban J connectivity index is 1.12. The Bertz CT molecular complexity index is 2880. The van der Waals surface area contributed by atoms with Gasteiger partial charge in [0.1, 0.15) is 11.3 Å². The molecule has 0 radical (unpaired) electrons. The van der Waals surface area contributed by atoms with Crippen LogP contribution in [0.1, 0.15) is 0 Å². The van der Waals surface area contributed by atoms with E-state index in [0.717, 1.165) is 44.9 Å². The average Bonchev–Trinajstić information content (AvgIpc) is 3.66. The highest BCUT2D eigenvalue weighted by atomic mass is 16.3. The Morgan fingerprint density at radius 2 is 0.962 bits per heavy atom. The summed E-state index contributed by atoms with van der Waals surface area (Å²) >= 11 is 0. The minimum atomic E-state index is 0.873. The molecule has 1 heterocycles. The third-order valence-corrected chi connectivity index (χ3v) is 10.2. The molecular weight excluding hydrogens is 631 g/mol. The van der Waals surface area contributed by atoms with Crippen molar-refractivity contribution in [2.75, 3.05) is 4.90 Å². The highest BCUT2D eigenvalue weighted by Gasteiger charge is 2.20. The van der Waals surface area contributed by atoms with Crippen molar-refractivity contribution < 1.29 is 4.42 Å². The van der Waals surface area contributed by atoms with Crippen molar-refractivity contribution in [3.8, 4) is 33.6 Å². The van der Waals surface area contributed by atoms with E-state index in [4.69, 9.17) is 4.42 Å². The number of rotatable bonds is 6. The summed E-state index contributed by atoms with van der Waals surface area (Å²) in [6.45, 7) is 0. The molecule has 0 fully saturated rings. The highest BCUT2D eigenvalue weighted by Crippen LogP contribution is 2.45.